The van der Waals surface area contributed by atoms with E-state index in [1.165, 1.54) is 6.33 Å². The van der Waals surface area contributed by atoms with E-state index < -0.39 is 4.92 Å². The van der Waals surface area contributed by atoms with Gasteiger partial charge in [0, 0.05) is 10.7 Å². The second-order valence-corrected chi connectivity index (χ2v) is 4.34. The van der Waals surface area contributed by atoms with Crippen molar-refractivity contribution in [3.63, 3.8) is 0 Å². The molecular formula is C11H11ClN6O2. The molecule has 1 heterocycles. The maximum Gasteiger partial charge on any atom is 0.354 e. The third kappa shape index (κ3) is 2.76. The van der Waals surface area contributed by atoms with Crippen LogP contribution in [0.25, 0.3) is 0 Å². The SMILES string of the molecule is Cc1ccc(Cl)cc1Nc1ncnc(NN)c1[N+](=O)[O-]. The summed E-state index contributed by atoms with van der Waals surface area (Å²) in [6.07, 6.45) is 1.17. The zero-order valence-corrected chi connectivity index (χ0v) is 11.2. The van der Waals surface area contributed by atoms with Gasteiger partial charge in [-0.05, 0) is 24.6 Å². The molecule has 2 aromatic rings. The minimum atomic E-state index is -0.614. The average molecular weight is 295 g/mol. The molecular weight excluding hydrogens is 284 g/mol. The summed E-state index contributed by atoms with van der Waals surface area (Å²) in [6.45, 7) is 1.84. The summed E-state index contributed by atoms with van der Waals surface area (Å²) in [6, 6.07) is 5.17. The number of aryl methyl sites for hydroxylation is 1. The Morgan fingerprint density at radius 2 is 2.05 bits per heavy atom. The summed E-state index contributed by atoms with van der Waals surface area (Å²) in [7, 11) is 0. The second kappa shape index (κ2) is 5.68. The Morgan fingerprint density at radius 1 is 1.35 bits per heavy atom. The lowest BCUT2D eigenvalue weighted by Gasteiger charge is -2.10. The van der Waals surface area contributed by atoms with Crippen LogP contribution < -0.4 is 16.6 Å². The highest BCUT2D eigenvalue weighted by Crippen LogP contribution is 2.32. The Kier molecular flexibility index (Phi) is 3.97. The zero-order chi connectivity index (χ0) is 14.7. The molecule has 0 aliphatic carbocycles. The number of halogens is 1. The molecule has 0 aliphatic heterocycles. The van der Waals surface area contributed by atoms with Crippen molar-refractivity contribution in [2.24, 2.45) is 5.84 Å². The summed E-state index contributed by atoms with van der Waals surface area (Å²) in [5.41, 5.74) is 3.31. The van der Waals surface area contributed by atoms with E-state index in [1.54, 1.807) is 18.2 Å². The average Bonchev–Trinajstić information content (AvgIpc) is 2.42. The fraction of sp³-hybridized carbons (Fsp3) is 0.0909. The van der Waals surface area contributed by atoms with E-state index in [4.69, 9.17) is 17.4 Å². The van der Waals surface area contributed by atoms with Crippen molar-refractivity contribution >= 4 is 34.6 Å². The third-order valence-electron chi connectivity index (χ3n) is 2.59. The van der Waals surface area contributed by atoms with E-state index in [2.05, 4.69) is 20.7 Å². The van der Waals surface area contributed by atoms with Crippen LogP contribution in [0.3, 0.4) is 0 Å². The predicted molar refractivity (Wildman–Crippen MR) is 76.0 cm³/mol. The molecule has 1 aromatic carbocycles. The van der Waals surface area contributed by atoms with Crippen LogP contribution in [0.5, 0.6) is 0 Å². The molecule has 9 heteroatoms. The topological polar surface area (TPSA) is 119 Å². The first kappa shape index (κ1) is 14.0. The van der Waals surface area contributed by atoms with Gasteiger partial charge in [-0.15, -0.1) is 0 Å². The molecule has 104 valence electrons. The van der Waals surface area contributed by atoms with E-state index in [1.807, 2.05) is 6.92 Å². The maximum atomic E-state index is 11.1. The van der Waals surface area contributed by atoms with Gasteiger partial charge >= 0.3 is 5.69 Å². The molecule has 0 unspecified atom stereocenters. The summed E-state index contributed by atoms with van der Waals surface area (Å²) in [4.78, 5) is 18.1. The van der Waals surface area contributed by atoms with Crippen molar-refractivity contribution in [2.75, 3.05) is 10.7 Å². The number of nitrogens with one attached hydrogen (secondary N) is 2. The van der Waals surface area contributed by atoms with Crippen molar-refractivity contribution in [1.82, 2.24) is 9.97 Å². The standard InChI is InChI=1S/C11H11ClN6O2/c1-6-2-3-7(12)4-8(6)16-10-9(18(19)20)11(17-13)15-5-14-10/h2-5H,13H2,1H3,(H2,14,15,16,17). The van der Waals surface area contributed by atoms with Gasteiger partial charge in [0.2, 0.25) is 11.6 Å². The van der Waals surface area contributed by atoms with Gasteiger partial charge in [-0.1, -0.05) is 17.7 Å². The number of hydrogen-bond acceptors (Lipinski definition) is 7. The van der Waals surface area contributed by atoms with Crippen LogP contribution in [0.2, 0.25) is 5.02 Å². The molecule has 4 N–H and O–H groups in total. The highest BCUT2D eigenvalue weighted by atomic mass is 35.5. The number of nitro groups is 1. The van der Waals surface area contributed by atoms with Crippen molar-refractivity contribution in [3.05, 3.63) is 45.2 Å². The monoisotopic (exact) mass is 294 g/mol. The van der Waals surface area contributed by atoms with E-state index in [9.17, 15) is 10.1 Å². The number of hydrazine groups is 1. The first-order valence-electron chi connectivity index (χ1n) is 5.52. The van der Waals surface area contributed by atoms with Gasteiger partial charge in [0.15, 0.2) is 0 Å². The fourth-order valence-corrected chi connectivity index (χ4v) is 1.78. The van der Waals surface area contributed by atoms with Crippen molar-refractivity contribution in [3.8, 4) is 0 Å². The number of nitrogens with two attached hydrogens (primary N) is 1. The number of hydrogen-bond donors (Lipinski definition) is 3. The molecule has 0 amide bonds. The molecule has 0 fully saturated rings. The smallest absolute Gasteiger partial charge is 0.334 e. The number of aromatic nitrogens is 2. The van der Waals surface area contributed by atoms with Crippen LogP contribution in [0, 0.1) is 17.0 Å². The molecule has 2 rings (SSSR count). The minimum absolute atomic E-state index is 0.0308. The lowest BCUT2D eigenvalue weighted by Crippen LogP contribution is -2.13. The molecule has 0 aliphatic rings. The summed E-state index contributed by atoms with van der Waals surface area (Å²) in [5, 5.41) is 14.5. The minimum Gasteiger partial charge on any atom is -0.334 e. The van der Waals surface area contributed by atoms with E-state index in [-0.39, 0.29) is 17.3 Å². The molecule has 0 atom stereocenters. The van der Waals surface area contributed by atoms with E-state index >= 15 is 0 Å². The molecule has 0 radical (unpaired) electrons. The highest BCUT2D eigenvalue weighted by Gasteiger charge is 2.22. The summed E-state index contributed by atoms with van der Waals surface area (Å²) >= 11 is 5.90. The molecule has 8 nitrogen and oxygen atoms in total. The predicted octanol–water partition coefficient (Wildman–Crippen LogP) is 2.38. The normalized spacial score (nSPS) is 10.2. The first-order chi connectivity index (χ1) is 9.52. The molecule has 0 saturated carbocycles. The molecule has 1 aromatic heterocycles. The number of nitrogens with zero attached hydrogens (tertiary/aromatic N) is 3. The van der Waals surface area contributed by atoms with Crippen LogP contribution in [0.4, 0.5) is 23.0 Å². The van der Waals surface area contributed by atoms with Gasteiger partial charge in [-0.2, -0.15) is 0 Å². The van der Waals surface area contributed by atoms with E-state index in [0.717, 1.165) is 5.56 Å². The zero-order valence-electron chi connectivity index (χ0n) is 10.4. The fourth-order valence-electron chi connectivity index (χ4n) is 1.61. The van der Waals surface area contributed by atoms with Gasteiger partial charge < -0.3 is 10.7 Å². The Balaban J connectivity index is 2.48. The molecule has 20 heavy (non-hydrogen) atoms. The summed E-state index contributed by atoms with van der Waals surface area (Å²) in [5.74, 6) is 5.17. The van der Waals surface area contributed by atoms with Gasteiger partial charge in [-0.25, -0.2) is 15.8 Å². The number of benzene rings is 1. The van der Waals surface area contributed by atoms with Gasteiger partial charge in [0.1, 0.15) is 6.33 Å². The number of anilines is 3. The van der Waals surface area contributed by atoms with Gasteiger partial charge in [-0.3, -0.25) is 10.1 Å². The third-order valence-corrected chi connectivity index (χ3v) is 2.83. The lowest BCUT2D eigenvalue weighted by molar-refractivity contribution is -0.383. The van der Waals surface area contributed by atoms with Crippen LogP contribution in [-0.2, 0) is 0 Å². The Labute approximate surface area is 119 Å². The number of rotatable bonds is 4. The summed E-state index contributed by atoms with van der Waals surface area (Å²) < 4.78 is 0. The van der Waals surface area contributed by atoms with Crippen LogP contribution in [-0.4, -0.2) is 14.9 Å². The highest BCUT2D eigenvalue weighted by molar-refractivity contribution is 6.30. The van der Waals surface area contributed by atoms with Crippen molar-refractivity contribution < 1.29 is 4.92 Å². The van der Waals surface area contributed by atoms with Gasteiger partial charge in [0.05, 0.1) is 4.92 Å². The first-order valence-corrected chi connectivity index (χ1v) is 5.90. The maximum absolute atomic E-state index is 11.1. The molecule has 0 saturated heterocycles. The van der Waals surface area contributed by atoms with Crippen molar-refractivity contribution in [2.45, 2.75) is 6.92 Å². The molecule has 0 bridgehead atoms. The lowest BCUT2D eigenvalue weighted by atomic mass is 10.2. The van der Waals surface area contributed by atoms with Crippen molar-refractivity contribution in [1.29, 1.82) is 0 Å². The van der Waals surface area contributed by atoms with E-state index in [0.29, 0.717) is 10.7 Å². The Hall–Kier alpha value is -2.45. The number of nitrogen functional groups attached to an aromatic ring is 1. The Morgan fingerprint density at radius 3 is 2.70 bits per heavy atom. The quantitative estimate of drug-likeness (QED) is 0.450. The second-order valence-electron chi connectivity index (χ2n) is 3.91. The largest absolute Gasteiger partial charge is 0.354 e. The van der Waals surface area contributed by atoms with Crippen LogP contribution >= 0.6 is 11.6 Å². The molecule has 0 spiro atoms. The van der Waals surface area contributed by atoms with Crippen LogP contribution in [0.1, 0.15) is 5.56 Å². The Bertz CT molecular complexity index is 663. The van der Waals surface area contributed by atoms with Crippen LogP contribution in [0.15, 0.2) is 24.5 Å². The van der Waals surface area contributed by atoms with Gasteiger partial charge in [0.25, 0.3) is 0 Å².